The van der Waals surface area contributed by atoms with E-state index in [0.29, 0.717) is 25.7 Å². The molecule has 29 heavy (non-hydrogen) atoms. The van der Waals surface area contributed by atoms with Crippen LogP contribution in [0.2, 0.25) is 0 Å². The zero-order chi connectivity index (χ0) is 20.2. The second kappa shape index (κ2) is 6.85. The fourth-order valence-electron chi connectivity index (χ4n) is 5.60. The van der Waals surface area contributed by atoms with Crippen LogP contribution in [0.15, 0.2) is 18.3 Å². The molecule has 2 aromatic rings. The molecular weight excluding hydrogens is 368 g/mol. The SMILES string of the molecule is CCN1C(=O)C(COC)(COC)c2cc3c(cc21)C1CCCc2cn[nH]c2C1N3. The van der Waals surface area contributed by atoms with Crippen molar-refractivity contribution in [3.63, 3.8) is 0 Å². The van der Waals surface area contributed by atoms with E-state index < -0.39 is 5.41 Å². The van der Waals surface area contributed by atoms with Crippen LogP contribution < -0.4 is 10.2 Å². The number of fused-ring (bicyclic) bond motifs is 6. The lowest BCUT2D eigenvalue weighted by molar-refractivity contribution is -0.127. The Hall–Kier alpha value is -2.38. The molecule has 1 aromatic carbocycles. The van der Waals surface area contributed by atoms with Crippen molar-refractivity contribution in [2.45, 2.75) is 43.6 Å². The first-order valence-electron chi connectivity index (χ1n) is 10.4. The van der Waals surface area contributed by atoms with Crippen LogP contribution in [0.1, 0.15) is 54.1 Å². The minimum absolute atomic E-state index is 0.0654. The molecule has 0 saturated heterocycles. The van der Waals surface area contributed by atoms with Crippen molar-refractivity contribution in [2.24, 2.45) is 0 Å². The van der Waals surface area contributed by atoms with Crippen molar-refractivity contribution in [1.82, 2.24) is 10.2 Å². The second-order valence-electron chi connectivity index (χ2n) is 8.38. The Bertz CT molecular complexity index is 948. The van der Waals surface area contributed by atoms with Crippen molar-refractivity contribution in [1.29, 1.82) is 0 Å². The van der Waals surface area contributed by atoms with E-state index in [0.717, 1.165) is 36.2 Å². The van der Waals surface area contributed by atoms with E-state index in [1.54, 1.807) is 14.2 Å². The van der Waals surface area contributed by atoms with Gasteiger partial charge < -0.3 is 19.7 Å². The van der Waals surface area contributed by atoms with E-state index >= 15 is 0 Å². The zero-order valence-electron chi connectivity index (χ0n) is 17.2. The highest BCUT2D eigenvalue weighted by Gasteiger charge is 2.52. The van der Waals surface area contributed by atoms with E-state index in [-0.39, 0.29) is 11.9 Å². The number of methoxy groups -OCH3 is 2. The van der Waals surface area contributed by atoms with Gasteiger partial charge in [-0.05, 0) is 55.0 Å². The van der Waals surface area contributed by atoms with E-state index in [1.807, 2.05) is 18.0 Å². The fraction of sp³-hybridized carbons (Fsp3) is 0.545. The third-order valence-electron chi connectivity index (χ3n) is 6.86. The Morgan fingerprint density at radius 3 is 2.79 bits per heavy atom. The lowest BCUT2D eigenvalue weighted by Crippen LogP contribution is -2.46. The molecule has 0 bridgehead atoms. The monoisotopic (exact) mass is 396 g/mol. The fourth-order valence-corrected chi connectivity index (χ4v) is 5.60. The minimum atomic E-state index is -0.796. The summed E-state index contributed by atoms with van der Waals surface area (Å²) in [7, 11) is 3.28. The van der Waals surface area contributed by atoms with Crippen LogP contribution in [0.3, 0.4) is 0 Å². The van der Waals surface area contributed by atoms with Gasteiger partial charge in [-0.1, -0.05) is 0 Å². The number of likely N-dealkylation sites (N-methyl/N-ethyl adjacent to an activating group) is 1. The molecule has 2 unspecified atom stereocenters. The third kappa shape index (κ3) is 2.50. The van der Waals surface area contributed by atoms with E-state index in [2.05, 4.69) is 27.6 Å². The molecule has 1 aromatic heterocycles. The number of hydrogen-bond acceptors (Lipinski definition) is 5. The van der Waals surface area contributed by atoms with Gasteiger partial charge in [-0.3, -0.25) is 9.89 Å². The number of carbonyl (C=O) groups is 1. The van der Waals surface area contributed by atoms with Crippen LogP contribution in [-0.2, 0) is 26.1 Å². The summed E-state index contributed by atoms with van der Waals surface area (Å²) >= 11 is 0. The van der Waals surface area contributed by atoms with Gasteiger partial charge in [0, 0.05) is 38.1 Å². The van der Waals surface area contributed by atoms with Crippen molar-refractivity contribution in [3.05, 3.63) is 40.7 Å². The molecule has 0 fully saturated rings. The minimum Gasteiger partial charge on any atom is -0.383 e. The number of nitrogens with zero attached hydrogens (tertiary/aromatic N) is 2. The van der Waals surface area contributed by atoms with Crippen LogP contribution >= 0.6 is 0 Å². The maximum atomic E-state index is 13.4. The molecule has 154 valence electrons. The molecule has 3 aliphatic rings. The number of anilines is 2. The lowest BCUT2D eigenvalue weighted by atomic mass is 9.81. The standard InChI is InChI=1S/C22H28N4O3/c1-4-26-18-8-15-14-7-5-6-13-10-23-25-19(13)20(14)24-17(15)9-16(18)22(11-28-2,12-29-3)21(26)27/h8-10,14,20,24H,4-7,11-12H2,1-3H3,(H,23,25). The Morgan fingerprint density at radius 1 is 1.28 bits per heavy atom. The van der Waals surface area contributed by atoms with Crippen LogP contribution in [-0.4, -0.2) is 50.1 Å². The van der Waals surface area contributed by atoms with Crippen LogP contribution in [0.5, 0.6) is 0 Å². The van der Waals surface area contributed by atoms with Crippen LogP contribution in [0.4, 0.5) is 11.4 Å². The maximum Gasteiger partial charge on any atom is 0.242 e. The first-order valence-corrected chi connectivity index (χ1v) is 10.4. The largest absolute Gasteiger partial charge is 0.383 e. The quantitative estimate of drug-likeness (QED) is 0.812. The van der Waals surface area contributed by atoms with Gasteiger partial charge >= 0.3 is 0 Å². The number of rotatable bonds is 5. The van der Waals surface area contributed by atoms with Gasteiger partial charge in [0.15, 0.2) is 0 Å². The number of aromatic nitrogens is 2. The number of carbonyl (C=O) groups excluding carboxylic acids is 1. The highest BCUT2D eigenvalue weighted by Crippen LogP contribution is 2.53. The van der Waals surface area contributed by atoms with Gasteiger partial charge in [-0.2, -0.15) is 5.10 Å². The molecule has 2 N–H and O–H groups in total. The highest BCUT2D eigenvalue weighted by molar-refractivity contribution is 6.09. The smallest absolute Gasteiger partial charge is 0.242 e. The second-order valence-corrected chi connectivity index (χ2v) is 8.38. The molecule has 7 nitrogen and oxygen atoms in total. The average molecular weight is 396 g/mol. The number of H-pyrrole nitrogens is 1. The van der Waals surface area contributed by atoms with Crippen LogP contribution in [0, 0.1) is 0 Å². The van der Waals surface area contributed by atoms with Gasteiger partial charge in [-0.25, -0.2) is 0 Å². The van der Waals surface area contributed by atoms with E-state index in [4.69, 9.17) is 9.47 Å². The van der Waals surface area contributed by atoms with Crippen LogP contribution in [0.25, 0.3) is 0 Å². The van der Waals surface area contributed by atoms with Crippen molar-refractivity contribution >= 4 is 17.3 Å². The topological polar surface area (TPSA) is 79.5 Å². The van der Waals surface area contributed by atoms with Gasteiger partial charge in [0.05, 0.1) is 31.1 Å². The maximum absolute atomic E-state index is 13.4. The molecule has 0 spiro atoms. The summed E-state index contributed by atoms with van der Waals surface area (Å²) in [6.45, 7) is 3.26. The summed E-state index contributed by atoms with van der Waals surface area (Å²) in [5.74, 6) is 0.446. The lowest BCUT2D eigenvalue weighted by Gasteiger charge is -2.27. The number of aromatic amines is 1. The molecule has 5 rings (SSSR count). The number of nitrogens with one attached hydrogen (secondary N) is 2. The average Bonchev–Trinajstić information content (AvgIpc) is 3.34. The number of benzene rings is 1. The summed E-state index contributed by atoms with van der Waals surface area (Å²) in [5, 5.41) is 11.3. The molecule has 1 amide bonds. The Balaban J connectivity index is 1.64. The Morgan fingerprint density at radius 2 is 2.07 bits per heavy atom. The number of ether oxygens (including phenoxy) is 2. The third-order valence-corrected chi connectivity index (χ3v) is 6.86. The Labute approximate surface area is 170 Å². The first kappa shape index (κ1) is 18.6. The molecule has 7 heteroatoms. The molecule has 2 atom stereocenters. The summed E-state index contributed by atoms with van der Waals surface area (Å²) in [6.07, 6.45) is 5.28. The molecule has 1 aliphatic carbocycles. The molecular formula is C22H28N4O3. The van der Waals surface area contributed by atoms with Gasteiger partial charge in [0.2, 0.25) is 5.91 Å². The zero-order valence-corrected chi connectivity index (χ0v) is 17.2. The van der Waals surface area contributed by atoms with E-state index in [9.17, 15) is 4.79 Å². The Kier molecular flexibility index (Phi) is 4.40. The van der Waals surface area contributed by atoms with Crippen molar-refractivity contribution in [2.75, 3.05) is 44.2 Å². The molecule has 0 saturated carbocycles. The normalized spacial score (nSPS) is 23.8. The molecule has 3 heterocycles. The summed E-state index contributed by atoms with van der Waals surface area (Å²) in [4.78, 5) is 15.3. The first-order chi connectivity index (χ1) is 14.1. The van der Waals surface area contributed by atoms with Gasteiger partial charge in [0.1, 0.15) is 5.41 Å². The predicted molar refractivity (Wildman–Crippen MR) is 111 cm³/mol. The molecule has 0 radical (unpaired) electrons. The predicted octanol–water partition coefficient (Wildman–Crippen LogP) is 2.89. The van der Waals surface area contributed by atoms with Crippen molar-refractivity contribution < 1.29 is 14.3 Å². The number of amides is 1. The number of hydrogen-bond donors (Lipinski definition) is 2. The number of aryl methyl sites for hydroxylation is 1. The van der Waals surface area contributed by atoms with E-state index in [1.165, 1.54) is 16.8 Å². The summed E-state index contributed by atoms with van der Waals surface area (Å²) in [6, 6.07) is 4.61. The summed E-state index contributed by atoms with van der Waals surface area (Å²) < 4.78 is 11.0. The van der Waals surface area contributed by atoms with Gasteiger partial charge in [-0.15, -0.1) is 0 Å². The molecule has 2 aliphatic heterocycles. The highest BCUT2D eigenvalue weighted by atomic mass is 16.5. The van der Waals surface area contributed by atoms with Gasteiger partial charge in [0.25, 0.3) is 0 Å². The summed E-state index contributed by atoms with van der Waals surface area (Å²) in [5.41, 5.74) is 6.13. The van der Waals surface area contributed by atoms with Crippen molar-refractivity contribution in [3.8, 4) is 0 Å².